The summed E-state index contributed by atoms with van der Waals surface area (Å²) in [5.74, 6) is -0.210. The molecule has 1 amide bonds. The molecule has 2 saturated heterocycles. The van der Waals surface area contributed by atoms with Crippen LogP contribution in [-0.2, 0) is 4.74 Å². The van der Waals surface area contributed by atoms with Crippen molar-refractivity contribution in [2.45, 2.75) is 32.2 Å². The second-order valence-corrected chi connectivity index (χ2v) is 8.10. The molecule has 7 nitrogen and oxygen atoms in total. The van der Waals surface area contributed by atoms with E-state index in [0.717, 1.165) is 45.6 Å². The number of ether oxygens (including phenoxy) is 1. The summed E-state index contributed by atoms with van der Waals surface area (Å²) in [6, 6.07) is 5.87. The maximum atomic E-state index is 14.2. The normalized spacial score (nSPS) is 18.8. The molecular weight excluding hydrogens is 385 g/mol. The fraction of sp³-hybridized carbons (Fsp3) is 0.455. The fourth-order valence-corrected chi connectivity index (χ4v) is 4.24. The number of halogens is 1. The predicted molar refractivity (Wildman–Crippen MR) is 108 cm³/mol. The molecule has 1 spiro atoms. The number of carbonyl (C=O) groups is 1. The van der Waals surface area contributed by atoms with Gasteiger partial charge in [0.15, 0.2) is 0 Å². The van der Waals surface area contributed by atoms with Crippen LogP contribution in [0.1, 0.15) is 53.7 Å². The van der Waals surface area contributed by atoms with Crippen LogP contribution in [0.5, 0.6) is 0 Å². The van der Waals surface area contributed by atoms with Crippen LogP contribution in [0.2, 0.25) is 0 Å². The van der Waals surface area contributed by atoms with E-state index in [-0.39, 0.29) is 16.9 Å². The molecule has 2 aliphatic heterocycles. The number of anilines is 1. The lowest BCUT2D eigenvalue weighted by Gasteiger charge is -2.33. The number of nitrogens with one attached hydrogen (secondary N) is 1. The van der Waals surface area contributed by atoms with Crippen LogP contribution in [0.3, 0.4) is 0 Å². The predicted octanol–water partition coefficient (Wildman–Crippen LogP) is 3.30. The molecule has 0 saturated carbocycles. The van der Waals surface area contributed by atoms with Crippen LogP contribution >= 0.6 is 0 Å². The molecule has 3 heterocycles. The molecule has 1 atom stereocenters. The molecule has 0 radical (unpaired) electrons. The molecular formula is C22H24FN5O2. The largest absolute Gasteiger partial charge is 0.381 e. The number of amides is 1. The number of aromatic nitrogens is 2. The number of hydrogen-bond donors (Lipinski definition) is 1. The lowest BCUT2D eigenvalue weighted by Crippen LogP contribution is -2.35. The average Bonchev–Trinajstić information content (AvgIpc) is 3.17. The van der Waals surface area contributed by atoms with E-state index in [9.17, 15) is 9.18 Å². The van der Waals surface area contributed by atoms with Gasteiger partial charge in [-0.05, 0) is 43.7 Å². The topological polar surface area (TPSA) is 91.1 Å². The molecule has 2 fully saturated rings. The smallest absolute Gasteiger partial charge is 0.257 e. The van der Waals surface area contributed by atoms with Gasteiger partial charge in [-0.3, -0.25) is 4.79 Å². The fourth-order valence-electron chi connectivity index (χ4n) is 4.24. The molecule has 1 N–H and O–H groups in total. The number of hydrogen-bond acceptors (Lipinski definition) is 6. The van der Waals surface area contributed by atoms with Crippen molar-refractivity contribution in [3.63, 3.8) is 0 Å². The highest BCUT2D eigenvalue weighted by Gasteiger charge is 2.41. The number of likely N-dealkylation sites (tertiary alicyclic amines) is 1. The first kappa shape index (κ1) is 20.2. The Kier molecular flexibility index (Phi) is 5.64. The van der Waals surface area contributed by atoms with E-state index >= 15 is 0 Å². The molecule has 2 aromatic rings. The third kappa shape index (κ3) is 4.12. The number of rotatable bonds is 4. The number of nitriles is 1. The maximum absolute atomic E-state index is 14.2. The Morgan fingerprint density at radius 2 is 2.03 bits per heavy atom. The summed E-state index contributed by atoms with van der Waals surface area (Å²) in [5, 5.41) is 11.9. The monoisotopic (exact) mass is 409 g/mol. The maximum Gasteiger partial charge on any atom is 0.257 e. The van der Waals surface area contributed by atoms with Crippen molar-refractivity contribution in [1.82, 2.24) is 14.9 Å². The lowest BCUT2D eigenvalue weighted by molar-refractivity contribution is 0.0191. The third-order valence-corrected chi connectivity index (χ3v) is 6.12. The molecule has 2 aliphatic rings. The summed E-state index contributed by atoms with van der Waals surface area (Å²) >= 11 is 0. The minimum atomic E-state index is -0.461. The Morgan fingerprint density at radius 1 is 1.30 bits per heavy atom. The second-order valence-electron chi connectivity index (χ2n) is 8.10. The zero-order chi connectivity index (χ0) is 21.1. The molecule has 30 heavy (non-hydrogen) atoms. The van der Waals surface area contributed by atoms with E-state index in [2.05, 4.69) is 15.3 Å². The minimum Gasteiger partial charge on any atom is -0.381 e. The molecule has 8 heteroatoms. The zero-order valence-corrected chi connectivity index (χ0v) is 16.9. The van der Waals surface area contributed by atoms with Gasteiger partial charge in [0.1, 0.15) is 5.82 Å². The van der Waals surface area contributed by atoms with E-state index in [1.165, 1.54) is 18.5 Å². The Labute approximate surface area is 174 Å². The van der Waals surface area contributed by atoms with Gasteiger partial charge in [0, 0.05) is 44.3 Å². The van der Waals surface area contributed by atoms with Crippen molar-refractivity contribution in [1.29, 1.82) is 5.26 Å². The molecule has 1 unspecified atom stereocenters. The first-order chi connectivity index (χ1) is 14.5. The summed E-state index contributed by atoms with van der Waals surface area (Å²) in [7, 11) is 0. The summed E-state index contributed by atoms with van der Waals surface area (Å²) in [5.41, 5.74) is 1.32. The second kappa shape index (κ2) is 8.36. The van der Waals surface area contributed by atoms with Crippen LogP contribution < -0.4 is 5.32 Å². The van der Waals surface area contributed by atoms with E-state index in [1.54, 1.807) is 19.1 Å². The number of benzene rings is 1. The Morgan fingerprint density at radius 3 is 2.70 bits per heavy atom. The van der Waals surface area contributed by atoms with Crippen molar-refractivity contribution >= 4 is 11.9 Å². The lowest BCUT2D eigenvalue weighted by atomic mass is 9.80. The highest BCUT2D eigenvalue weighted by Crippen LogP contribution is 2.40. The van der Waals surface area contributed by atoms with Gasteiger partial charge in [-0.2, -0.15) is 5.26 Å². The molecule has 1 aromatic heterocycles. The Hall–Kier alpha value is -3.05. The van der Waals surface area contributed by atoms with Gasteiger partial charge in [-0.1, -0.05) is 6.07 Å². The van der Waals surface area contributed by atoms with E-state index in [4.69, 9.17) is 10.00 Å². The zero-order valence-electron chi connectivity index (χ0n) is 16.9. The van der Waals surface area contributed by atoms with E-state index in [0.29, 0.717) is 17.1 Å². The molecule has 0 bridgehead atoms. The first-order valence-electron chi connectivity index (χ1n) is 10.1. The van der Waals surface area contributed by atoms with Crippen molar-refractivity contribution in [2.24, 2.45) is 5.41 Å². The van der Waals surface area contributed by atoms with Crippen LogP contribution in [0.4, 0.5) is 10.3 Å². The van der Waals surface area contributed by atoms with Gasteiger partial charge < -0.3 is 15.0 Å². The summed E-state index contributed by atoms with van der Waals surface area (Å²) in [6.45, 7) is 4.82. The SMILES string of the molecule is CC(Nc1ncc(C(=O)N2CCC3(CCOCC3)C2)cn1)c1ccc(C#N)cc1F. The first-order valence-corrected chi connectivity index (χ1v) is 10.1. The third-order valence-electron chi connectivity index (χ3n) is 6.12. The van der Waals surface area contributed by atoms with Gasteiger partial charge in [-0.15, -0.1) is 0 Å². The number of carbonyl (C=O) groups excluding carboxylic acids is 1. The van der Waals surface area contributed by atoms with Gasteiger partial charge in [-0.25, -0.2) is 14.4 Å². The Bertz CT molecular complexity index is 966. The standard InChI is InChI=1S/C22H24FN5O2/c1-15(18-3-2-16(11-24)10-19(18)23)27-21-25-12-17(13-26-21)20(29)28-7-4-22(14-28)5-8-30-9-6-22/h2-3,10,12-13,15H,4-9,14H2,1H3,(H,25,26,27). The molecule has 1 aromatic carbocycles. The highest BCUT2D eigenvalue weighted by molar-refractivity contribution is 5.94. The van der Waals surface area contributed by atoms with Crippen molar-refractivity contribution in [2.75, 3.05) is 31.6 Å². The van der Waals surface area contributed by atoms with Crippen LogP contribution in [0, 0.1) is 22.6 Å². The van der Waals surface area contributed by atoms with Crippen molar-refractivity contribution in [3.05, 3.63) is 53.1 Å². The molecule has 4 rings (SSSR count). The Balaban J connectivity index is 1.39. The van der Waals surface area contributed by atoms with Gasteiger partial charge >= 0.3 is 0 Å². The number of nitrogens with zero attached hydrogens (tertiary/aromatic N) is 4. The van der Waals surface area contributed by atoms with Gasteiger partial charge in [0.05, 0.1) is 23.2 Å². The van der Waals surface area contributed by atoms with Crippen molar-refractivity contribution in [3.8, 4) is 6.07 Å². The molecule has 0 aliphatic carbocycles. The van der Waals surface area contributed by atoms with Crippen LogP contribution in [0.15, 0.2) is 30.6 Å². The van der Waals surface area contributed by atoms with Gasteiger partial charge in [0.2, 0.25) is 5.95 Å². The summed E-state index contributed by atoms with van der Waals surface area (Å²) in [4.78, 5) is 23.2. The van der Waals surface area contributed by atoms with Crippen molar-refractivity contribution < 1.29 is 13.9 Å². The quantitative estimate of drug-likeness (QED) is 0.833. The van der Waals surface area contributed by atoms with Crippen LogP contribution in [-0.4, -0.2) is 47.1 Å². The van der Waals surface area contributed by atoms with E-state index < -0.39 is 11.9 Å². The summed E-state index contributed by atoms with van der Waals surface area (Å²) < 4.78 is 19.7. The van der Waals surface area contributed by atoms with Crippen LogP contribution in [0.25, 0.3) is 0 Å². The summed E-state index contributed by atoms with van der Waals surface area (Å²) in [6.07, 6.45) is 6.03. The average molecular weight is 409 g/mol. The van der Waals surface area contributed by atoms with Gasteiger partial charge in [0.25, 0.3) is 5.91 Å². The molecule has 156 valence electrons. The highest BCUT2D eigenvalue weighted by atomic mass is 19.1. The van der Waals surface area contributed by atoms with E-state index in [1.807, 2.05) is 11.0 Å². The minimum absolute atomic E-state index is 0.0592.